The zero-order valence-electron chi connectivity index (χ0n) is 11.3. The lowest BCUT2D eigenvalue weighted by Crippen LogP contribution is -2.32. The Hall–Kier alpha value is -2.16. The molecule has 0 aliphatic heterocycles. The Kier molecular flexibility index (Phi) is 4.29. The van der Waals surface area contributed by atoms with Crippen LogP contribution in [0.5, 0.6) is 0 Å². The van der Waals surface area contributed by atoms with Crippen molar-refractivity contribution >= 4 is 11.6 Å². The molecule has 0 fully saturated rings. The molecule has 0 unspecified atom stereocenters. The summed E-state index contributed by atoms with van der Waals surface area (Å²) in [6.45, 7) is 4.70. The van der Waals surface area contributed by atoms with Crippen LogP contribution in [0.2, 0.25) is 0 Å². The molecule has 98 valence electrons. The maximum Gasteiger partial charge on any atom is 0.231 e. The van der Waals surface area contributed by atoms with Crippen molar-refractivity contribution in [2.45, 2.75) is 20.3 Å². The van der Waals surface area contributed by atoms with Gasteiger partial charge in [0, 0.05) is 24.6 Å². The molecule has 0 saturated carbocycles. The number of aryl methyl sites for hydroxylation is 1. The summed E-state index contributed by atoms with van der Waals surface area (Å²) in [4.78, 5) is 18.1. The maximum absolute atomic E-state index is 12.4. The monoisotopic (exact) mass is 254 g/mol. The average Bonchev–Trinajstić information content (AvgIpc) is 2.41. The Bertz CT molecular complexity index is 552. The largest absolute Gasteiger partial charge is 0.312 e. The van der Waals surface area contributed by atoms with E-state index in [0.29, 0.717) is 13.0 Å². The van der Waals surface area contributed by atoms with Crippen LogP contribution in [0.15, 0.2) is 48.8 Å². The van der Waals surface area contributed by atoms with Gasteiger partial charge in [-0.05, 0) is 49.2 Å². The summed E-state index contributed by atoms with van der Waals surface area (Å²) in [6.07, 6.45) is 3.83. The van der Waals surface area contributed by atoms with Gasteiger partial charge in [0.25, 0.3) is 0 Å². The first kappa shape index (κ1) is 13.3. The van der Waals surface area contributed by atoms with E-state index in [4.69, 9.17) is 0 Å². The molecule has 0 spiro atoms. The van der Waals surface area contributed by atoms with Crippen molar-refractivity contribution in [1.82, 2.24) is 4.98 Å². The van der Waals surface area contributed by atoms with Gasteiger partial charge < -0.3 is 4.90 Å². The van der Waals surface area contributed by atoms with Crippen molar-refractivity contribution in [3.8, 4) is 0 Å². The minimum Gasteiger partial charge on any atom is -0.312 e. The molecule has 1 aromatic carbocycles. The van der Waals surface area contributed by atoms with Crippen LogP contribution in [0, 0.1) is 6.92 Å². The van der Waals surface area contributed by atoms with Gasteiger partial charge in [0.2, 0.25) is 5.91 Å². The number of rotatable bonds is 4. The molecule has 0 atom stereocenters. The number of carbonyl (C=O) groups excluding carboxylic acids is 1. The molecule has 1 amide bonds. The van der Waals surface area contributed by atoms with Crippen LogP contribution in [-0.2, 0) is 11.2 Å². The standard InChI is InChI=1S/C16H18N2O/c1-3-18(15-6-4-5-13(2)11-15)16(19)12-14-7-9-17-10-8-14/h4-11H,3,12H2,1-2H3. The van der Waals surface area contributed by atoms with Gasteiger partial charge >= 0.3 is 0 Å². The number of nitrogens with zero attached hydrogens (tertiary/aromatic N) is 2. The number of aromatic nitrogens is 1. The summed E-state index contributed by atoms with van der Waals surface area (Å²) in [6, 6.07) is 11.8. The number of hydrogen-bond acceptors (Lipinski definition) is 2. The molecule has 1 aromatic heterocycles. The topological polar surface area (TPSA) is 33.2 Å². The van der Waals surface area contributed by atoms with Gasteiger partial charge in [-0.1, -0.05) is 12.1 Å². The van der Waals surface area contributed by atoms with Gasteiger partial charge in [0.15, 0.2) is 0 Å². The van der Waals surface area contributed by atoms with E-state index in [9.17, 15) is 4.79 Å². The summed E-state index contributed by atoms with van der Waals surface area (Å²) in [5.74, 6) is 0.110. The van der Waals surface area contributed by atoms with Gasteiger partial charge in [0.05, 0.1) is 6.42 Å². The normalized spacial score (nSPS) is 10.2. The van der Waals surface area contributed by atoms with E-state index in [1.807, 2.05) is 55.1 Å². The maximum atomic E-state index is 12.4. The SMILES string of the molecule is CCN(C(=O)Cc1ccncc1)c1cccc(C)c1. The number of pyridine rings is 1. The first-order valence-corrected chi connectivity index (χ1v) is 6.46. The molecule has 0 N–H and O–H groups in total. The molecule has 0 bridgehead atoms. The van der Waals surface area contributed by atoms with Gasteiger partial charge in [-0.15, -0.1) is 0 Å². The highest BCUT2D eigenvalue weighted by Gasteiger charge is 2.14. The van der Waals surface area contributed by atoms with Crippen molar-refractivity contribution in [2.75, 3.05) is 11.4 Å². The highest BCUT2D eigenvalue weighted by molar-refractivity contribution is 5.94. The van der Waals surface area contributed by atoms with Crippen molar-refractivity contribution in [3.05, 3.63) is 59.9 Å². The lowest BCUT2D eigenvalue weighted by molar-refractivity contribution is -0.117. The predicted molar refractivity (Wildman–Crippen MR) is 77.1 cm³/mol. The second kappa shape index (κ2) is 6.14. The molecule has 0 saturated heterocycles. The van der Waals surface area contributed by atoms with Crippen molar-refractivity contribution in [1.29, 1.82) is 0 Å². The summed E-state index contributed by atoms with van der Waals surface area (Å²) in [5.41, 5.74) is 3.11. The van der Waals surface area contributed by atoms with Crippen molar-refractivity contribution < 1.29 is 4.79 Å². The summed E-state index contributed by atoms with van der Waals surface area (Å²) in [5, 5.41) is 0. The third-order valence-electron chi connectivity index (χ3n) is 3.04. The Labute approximate surface area is 113 Å². The molecular formula is C16H18N2O. The molecule has 0 aliphatic carbocycles. The van der Waals surface area contributed by atoms with Crippen LogP contribution < -0.4 is 4.90 Å². The summed E-state index contributed by atoms with van der Waals surface area (Å²) in [7, 11) is 0. The second-order valence-corrected chi connectivity index (χ2v) is 4.51. The van der Waals surface area contributed by atoms with E-state index in [-0.39, 0.29) is 5.91 Å². The number of benzene rings is 1. The number of hydrogen-bond donors (Lipinski definition) is 0. The number of anilines is 1. The quantitative estimate of drug-likeness (QED) is 0.840. The third kappa shape index (κ3) is 3.41. The predicted octanol–water partition coefficient (Wildman–Crippen LogP) is 2.99. The molecule has 19 heavy (non-hydrogen) atoms. The van der Waals surface area contributed by atoms with Gasteiger partial charge in [-0.2, -0.15) is 0 Å². The zero-order chi connectivity index (χ0) is 13.7. The van der Waals surface area contributed by atoms with E-state index < -0.39 is 0 Å². The molecule has 1 heterocycles. The van der Waals surface area contributed by atoms with E-state index in [1.165, 1.54) is 0 Å². The molecule has 3 heteroatoms. The van der Waals surface area contributed by atoms with Crippen LogP contribution in [0.25, 0.3) is 0 Å². The Balaban J connectivity index is 2.16. The van der Waals surface area contributed by atoms with E-state index in [1.54, 1.807) is 12.4 Å². The van der Waals surface area contributed by atoms with Gasteiger partial charge in [0.1, 0.15) is 0 Å². The van der Waals surface area contributed by atoms with Gasteiger partial charge in [-0.3, -0.25) is 9.78 Å². The van der Waals surface area contributed by atoms with Crippen LogP contribution >= 0.6 is 0 Å². The zero-order valence-corrected chi connectivity index (χ0v) is 11.3. The van der Waals surface area contributed by atoms with Crippen LogP contribution in [-0.4, -0.2) is 17.4 Å². The minimum atomic E-state index is 0.110. The first-order chi connectivity index (χ1) is 9.20. The number of carbonyl (C=O) groups is 1. The van der Waals surface area contributed by atoms with Crippen LogP contribution in [0.3, 0.4) is 0 Å². The fourth-order valence-corrected chi connectivity index (χ4v) is 2.07. The molecule has 2 aromatic rings. The molecule has 0 radical (unpaired) electrons. The highest BCUT2D eigenvalue weighted by Crippen LogP contribution is 2.17. The molecule has 2 rings (SSSR count). The lowest BCUT2D eigenvalue weighted by atomic mass is 10.1. The van der Waals surface area contributed by atoms with Crippen LogP contribution in [0.1, 0.15) is 18.1 Å². The Morgan fingerprint density at radius 1 is 1.21 bits per heavy atom. The Morgan fingerprint density at radius 2 is 1.95 bits per heavy atom. The van der Waals surface area contributed by atoms with E-state index in [2.05, 4.69) is 4.98 Å². The fourth-order valence-electron chi connectivity index (χ4n) is 2.07. The molecule has 0 aliphatic rings. The van der Waals surface area contributed by atoms with Crippen molar-refractivity contribution in [3.63, 3.8) is 0 Å². The third-order valence-corrected chi connectivity index (χ3v) is 3.04. The smallest absolute Gasteiger partial charge is 0.231 e. The molecule has 3 nitrogen and oxygen atoms in total. The number of likely N-dealkylation sites (N-methyl/N-ethyl adjacent to an activating group) is 1. The van der Waals surface area contributed by atoms with E-state index >= 15 is 0 Å². The number of amides is 1. The van der Waals surface area contributed by atoms with Crippen molar-refractivity contribution in [2.24, 2.45) is 0 Å². The highest BCUT2D eigenvalue weighted by atomic mass is 16.2. The molecular weight excluding hydrogens is 236 g/mol. The minimum absolute atomic E-state index is 0.110. The van der Waals surface area contributed by atoms with Gasteiger partial charge in [-0.25, -0.2) is 0 Å². The fraction of sp³-hybridized carbons (Fsp3) is 0.250. The first-order valence-electron chi connectivity index (χ1n) is 6.46. The summed E-state index contributed by atoms with van der Waals surface area (Å²) < 4.78 is 0. The van der Waals surface area contributed by atoms with Crippen LogP contribution in [0.4, 0.5) is 5.69 Å². The second-order valence-electron chi connectivity index (χ2n) is 4.51. The van der Waals surface area contributed by atoms with E-state index in [0.717, 1.165) is 16.8 Å². The lowest BCUT2D eigenvalue weighted by Gasteiger charge is -2.21. The summed E-state index contributed by atoms with van der Waals surface area (Å²) >= 11 is 0. The average molecular weight is 254 g/mol. The Morgan fingerprint density at radius 3 is 2.58 bits per heavy atom.